The molecule has 0 aromatic heterocycles. The van der Waals surface area contributed by atoms with Crippen molar-refractivity contribution in [3.05, 3.63) is 0 Å². The van der Waals surface area contributed by atoms with Gasteiger partial charge in [0.15, 0.2) is 0 Å². The number of carbonyl (C=O) groups excluding carboxylic acids is 1. The summed E-state index contributed by atoms with van der Waals surface area (Å²) in [5.41, 5.74) is 0. The van der Waals surface area contributed by atoms with Crippen molar-refractivity contribution in [1.82, 2.24) is 10.2 Å². The minimum absolute atomic E-state index is 0.0129. The summed E-state index contributed by atoms with van der Waals surface area (Å²) in [6.45, 7) is 7.88. The normalized spacial score (nSPS) is 28.0. The Morgan fingerprint density at radius 1 is 1.35 bits per heavy atom. The summed E-state index contributed by atoms with van der Waals surface area (Å²) in [5.74, 6) is 0.702. The second kappa shape index (κ2) is 7.41. The maximum absolute atomic E-state index is 12.4. The first-order valence-corrected chi connectivity index (χ1v) is 8.31. The average molecular weight is 282 g/mol. The van der Waals surface area contributed by atoms with Gasteiger partial charge < -0.3 is 9.64 Å². The largest absolute Gasteiger partial charge is 0.376 e. The lowest BCUT2D eigenvalue weighted by Gasteiger charge is -2.27. The lowest BCUT2D eigenvalue weighted by molar-refractivity contribution is -0.131. The first kappa shape index (κ1) is 15.8. The van der Waals surface area contributed by atoms with Gasteiger partial charge in [-0.3, -0.25) is 10.1 Å². The molecule has 1 aliphatic carbocycles. The minimum Gasteiger partial charge on any atom is -0.376 e. The van der Waals surface area contributed by atoms with Gasteiger partial charge in [0.1, 0.15) is 0 Å². The van der Waals surface area contributed by atoms with Crippen molar-refractivity contribution in [1.29, 1.82) is 0 Å². The highest BCUT2D eigenvalue weighted by atomic mass is 16.5. The Morgan fingerprint density at radius 3 is 2.65 bits per heavy atom. The van der Waals surface area contributed by atoms with Gasteiger partial charge in [0.2, 0.25) is 5.91 Å². The lowest BCUT2D eigenvalue weighted by Crippen LogP contribution is -2.43. The fraction of sp³-hybridized carbons (Fsp3) is 0.938. The zero-order chi connectivity index (χ0) is 14.5. The van der Waals surface area contributed by atoms with Crippen LogP contribution in [0.2, 0.25) is 0 Å². The van der Waals surface area contributed by atoms with Crippen LogP contribution in [0.5, 0.6) is 0 Å². The Balaban J connectivity index is 1.84. The zero-order valence-electron chi connectivity index (χ0n) is 13.2. The van der Waals surface area contributed by atoms with Crippen molar-refractivity contribution in [2.45, 2.75) is 77.6 Å². The first-order chi connectivity index (χ1) is 9.63. The molecule has 1 aliphatic heterocycles. The number of nitrogens with one attached hydrogen (secondary N) is 1. The molecule has 2 fully saturated rings. The molecule has 116 valence electrons. The quantitative estimate of drug-likeness (QED) is 0.780. The molecule has 0 aromatic rings. The number of rotatable bonds is 7. The third-order valence-corrected chi connectivity index (χ3v) is 4.49. The van der Waals surface area contributed by atoms with Crippen LogP contribution in [0.3, 0.4) is 0 Å². The summed E-state index contributed by atoms with van der Waals surface area (Å²) in [6, 6.07) is 0.0129. The van der Waals surface area contributed by atoms with Crippen LogP contribution in [0, 0.1) is 5.92 Å². The van der Waals surface area contributed by atoms with Crippen molar-refractivity contribution in [2.75, 3.05) is 13.2 Å². The zero-order valence-corrected chi connectivity index (χ0v) is 13.2. The topological polar surface area (TPSA) is 41.6 Å². The Kier molecular flexibility index (Phi) is 5.85. The van der Waals surface area contributed by atoms with Gasteiger partial charge in [-0.2, -0.15) is 0 Å². The molecule has 1 heterocycles. The first-order valence-electron chi connectivity index (χ1n) is 8.31. The Labute approximate surface area is 123 Å². The second-order valence-corrected chi connectivity index (χ2v) is 6.51. The van der Waals surface area contributed by atoms with Crippen LogP contribution in [0.4, 0.5) is 0 Å². The molecule has 0 bridgehead atoms. The molecule has 1 saturated carbocycles. The number of ether oxygens (including phenoxy) is 1. The van der Waals surface area contributed by atoms with Crippen molar-refractivity contribution in [3.63, 3.8) is 0 Å². The summed E-state index contributed by atoms with van der Waals surface area (Å²) >= 11 is 0. The number of nitrogens with zero attached hydrogens (tertiary/aromatic N) is 1. The molecule has 4 nitrogen and oxygen atoms in total. The Hall–Kier alpha value is -0.610. The second-order valence-electron chi connectivity index (χ2n) is 6.51. The number of amides is 1. The Morgan fingerprint density at radius 2 is 2.05 bits per heavy atom. The van der Waals surface area contributed by atoms with Crippen LogP contribution in [0.15, 0.2) is 0 Å². The van der Waals surface area contributed by atoms with Gasteiger partial charge in [0.05, 0.1) is 24.9 Å². The molecule has 1 amide bonds. The van der Waals surface area contributed by atoms with Crippen LogP contribution < -0.4 is 5.32 Å². The molecule has 0 spiro atoms. The van der Waals surface area contributed by atoms with E-state index in [0.717, 1.165) is 19.4 Å². The van der Waals surface area contributed by atoms with E-state index in [1.54, 1.807) is 0 Å². The van der Waals surface area contributed by atoms with Crippen LogP contribution in [0.25, 0.3) is 0 Å². The highest BCUT2D eigenvalue weighted by Crippen LogP contribution is 2.22. The fourth-order valence-corrected chi connectivity index (χ4v) is 3.37. The van der Waals surface area contributed by atoms with Crippen LogP contribution in [-0.4, -0.2) is 42.3 Å². The minimum atomic E-state index is 0.0129. The van der Waals surface area contributed by atoms with Crippen LogP contribution in [-0.2, 0) is 9.53 Å². The number of hydrogen-bond acceptors (Lipinski definition) is 3. The summed E-state index contributed by atoms with van der Waals surface area (Å²) in [7, 11) is 0. The summed E-state index contributed by atoms with van der Waals surface area (Å²) in [4.78, 5) is 14.4. The molecular formula is C16H30N2O2. The third-order valence-electron chi connectivity index (χ3n) is 4.49. The summed E-state index contributed by atoms with van der Waals surface area (Å²) in [6.07, 6.45) is 7.55. The van der Waals surface area contributed by atoms with Gasteiger partial charge in [-0.25, -0.2) is 0 Å². The maximum atomic E-state index is 12.4. The van der Waals surface area contributed by atoms with E-state index in [2.05, 4.69) is 26.1 Å². The van der Waals surface area contributed by atoms with Crippen molar-refractivity contribution >= 4 is 5.91 Å². The van der Waals surface area contributed by atoms with Crippen LogP contribution in [0.1, 0.15) is 59.3 Å². The Bertz CT molecular complexity index is 314. The van der Waals surface area contributed by atoms with Crippen molar-refractivity contribution in [3.8, 4) is 0 Å². The van der Waals surface area contributed by atoms with E-state index in [0.29, 0.717) is 18.6 Å². The molecule has 1 saturated heterocycles. The molecule has 2 atom stereocenters. The monoisotopic (exact) mass is 282 g/mol. The van der Waals surface area contributed by atoms with Crippen LogP contribution >= 0.6 is 0 Å². The van der Waals surface area contributed by atoms with Gasteiger partial charge in [-0.15, -0.1) is 0 Å². The molecule has 1 N–H and O–H groups in total. The lowest BCUT2D eigenvalue weighted by atomic mass is 10.1. The van der Waals surface area contributed by atoms with Gasteiger partial charge in [0.25, 0.3) is 0 Å². The van der Waals surface area contributed by atoms with Crippen molar-refractivity contribution in [2.24, 2.45) is 5.92 Å². The van der Waals surface area contributed by atoms with E-state index in [1.165, 1.54) is 25.7 Å². The standard InChI is InChI=1S/C16H30N2O2/c1-4-7-14-16(19)18(15(17-14)12(2)3)10-11-20-13-8-5-6-9-13/h12-15,17H,4-11H2,1-3H3. The number of carbonyl (C=O) groups is 1. The maximum Gasteiger partial charge on any atom is 0.241 e. The average Bonchev–Trinajstić information content (AvgIpc) is 3.01. The molecule has 2 unspecified atom stereocenters. The predicted molar refractivity (Wildman–Crippen MR) is 80.4 cm³/mol. The summed E-state index contributed by atoms with van der Waals surface area (Å²) < 4.78 is 5.91. The smallest absolute Gasteiger partial charge is 0.241 e. The van der Waals surface area contributed by atoms with E-state index in [4.69, 9.17) is 4.74 Å². The highest BCUT2D eigenvalue weighted by molar-refractivity contribution is 5.84. The molecule has 0 aromatic carbocycles. The molecular weight excluding hydrogens is 252 g/mol. The van der Waals surface area contributed by atoms with E-state index in [-0.39, 0.29) is 18.1 Å². The number of hydrogen-bond donors (Lipinski definition) is 1. The molecule has 4 heteroatoms. The predicted octanol–water partition coefficient (Wildman–Crippen LogP) is 2.53. The summed E-state index contributed by atoms with van der Waals surface area (Å²) in [5, 5.41) is 3.49. The highest BCUT2D eigenvalue weighted by Gasteiger charge is 2.39. The SMILES string of the molecule is CCCC1NC(C(C)C)N(CCOC2CCCC2)C1=O. The van der Waals surface area contributed by atoms with E-state index < -0.39 is 0 Å². The van der Waals surface area contributed by atoms with Gasteiger partial charge >= 0.3 is 0 Å². The van der Waals surface area contributed by atoms with Gasteiger partial charge in [0, 0.05) is 6.54 Å². The molecule has 20 heavy (non-hydrogen) atoms. The molecule has 0 radical (unpaired) electrons. The van der Waals surface area contributed by atoms with E-state index >= 15 is 0 Å². The van der Waals surface area contributed by atoms with E-state index in [1.807, 2.05) is 4.90 Å². The fourth-order valence-electron chi connectivity index (χ4n) is 3.37. The van der Waals surface area contributed by atoms with Gasteiger partial charge in [-0.05, 0) is 25.2 Å². The molecule has 2 rings (SSSR count). The van der Waals surface area contributed by atoms with E-state index in [9.17, 15) is 4.79 Å². The molecule has 2 aliphatic rings. The van der Waals surface area contributed by atoms with Crippen molar-refractivity contribution < 1.29 is 9.53 Å². The van der Waals surface area contributed by atoms with Gasteiger partial charge in [-0.1, -0.05) is 40.0 Å². The third kappa shape index (κ3) is 3.73.